The Labute approximate surface area is 327 Å². The van der Waals surface area contributed by atoms with Crippen LogP contribution in [0.1, 0.15) is 80.7 Å². The Balaban J connectivity index is 2.15. The molecular formula is C42H65NO8SSi2. The zero-order valence-electron chi connectivity index (χ0n) is 34.6. The maximum Gasteiger partial charge on any atom is 0.407 e. The minimum atomic E-state index is -3.96. The van der Waals surface area contributed by atoms with Gasteiger partial charge in [0.05, 0.1) is 38.2 Å². The summed E-state index contributed by atoms with van der Waals surface area (Å²) in [7, 11) is -9.55. The van der Waals surface area contributed by atoms with Crippen molar-refractivity contribution in [2.24, 2.45) is 0 Å². The van der Waals surface area contributed by atoms with Gasteiger partial charge in [-0.2, -0.15) is 8.42 Å². The van der Waals surface area contributed by atoms with E-state index in [2.05, 4.69) is 84.2 Å². The van der Waals surface area contributed by atoms with Gasteiger partial charge in [0.25, 0.3) is 18.4 Å². The summed E-state index contributed by atoms with van der Waals surface area (Å²) in [6.45, 7) is 23.2. The molecule has 9 nitrogen and oxygen atoms in total. The smallest absolute Gasteiger partial charge is 0.407 e. The van der Waals surface area contributed by atoms with E-state index in [1.54, 1.807) is 0 Å². The molecule has 3 aromatic carbocycles. The number of hydrogen-bond acceptors (Lipinski definition) is 8. The lowest BCUT2D eigenvalue weighted by Gasteiger charge is -2.47. The molecule has 0 fully saturated rings. The molecule has 3 aromatic rings. The standard InChI is InChI=1S/C42H65NO8SSi2/c1-40(2,3)49-39(44)43-34(31-47-30-33-22-16-13-17-23-33)28-29-37(38(50-52(10,45)46)32-48-53(11,12)41(4,5)6)51-54(42(7,8)9,35-24-18-14-19-25-35)36-26-20-15-21-27-36/h13-27,34,37-38H,28-32H2,1-12H3,(H,43,44)/t34-,37-,38-/m0/s1. The molecule has 1 amide bonds. The molecule has 3 atom stereocenters. The van der Waals surface area contributed by atoms with E-state index in [0.29, 0.717) is 19.4 Å². The van der Waals surface area contributed by atoms with Crippen molar-refractivity contribution in [1.82, 2.24) is 5.32 Å². The Kier molecular flexibility index (Phi) is 15.9. The van der Waals surface area contributed by atoms with Gasteiger partial charge in [-0.1, -0.05) is 133 Å². The van der Waals surface area contributed by atoms with Gasteiger partial charge < -0.3 is 23.6 Å². The lowest BCUT2D eigenvalue weighted by atomic mass is 10.0. The Bertz CT molecular complexity index is 1650. The Hall–Kier alpha value is -2.85. The number of benzene rings is 3. The third-order valence-corrected chi connectivity index (χ3v) is 20.0. The number of alkyl carbamates (subject to hydrolysis) is 1. The Morgan fingerprint density at radius 1 is 0.704 bits per heavy atom. The molecule has 0 radical (unpaired) electrons. The van der Waals surface area contributed by atoms with E-state index in [-0.39, 0.29) is 18.3 Å². The highest BCUT2D eigenvalue weighted by molar-refractivity contribution is 7.86. The number of rotatable bonds is 18. The number of ether oxygens (including phenoxy) is 2. The second kappa shape index (κ2) is 18.9. The summed E-state index contributed by atoms with van der Waals surface area (Å²) in [6.07, 6.45) is -0.556. The zero-order valence-corrected chi connectivity index (χ0v) is 37.4. The van der Waals surface area contributed by atoms with Crippen molar-refractivity contribution in [1.29, 1.82) is 0 Å². The van der Waals surface area contributed by atoms with Crippen LogP contribution in [0.3, 0.4) is 0 Å². The first-order chi connectivity index (χ1) is 24.9. The Morgan fingerprint density at radius 3 is 1.65 bits per heavy atom. The van der Waals surface area contributed by atoms with Gasteiger partial charge in [-0.25, -0.2) is 4.79 Å². The highest BCUT2D eigenvalue weighted by Crippen LogP contribution is 2.40. The molecule has 300 valence electrons. The van der Waals surface area contributed by atoms with Gasteiger partial charge in [0, 0.05) is 0 Å². The summed E-state index contributed by atoms with van der Waals surface area (Å²) < 4.78 is 58.3. The SMILES string of the molecule is CC(C)(C)OC(=O)N[C@@H](CC[C@H](O[Si](c1ccccc1)(c1ccccc1)C(C)(C)C)[C@H](CO[Si](C)(C)C(C)(C)C)OS(C)(=O)=O)COCc1ccccc1. The average molecular weight is 800 g/mol. The predicted octanol–water partition coefficient (Wildman–Crippen LogP) is 8.19. The van der Waals surface area contributed by atoms with Gasteiger partial charge in [0.15, 0.2) is 8.32 Å². The summed E-state index contributed by atoms with van der Waals surface area (Å²) >= 11 is 0. The van der Waals surface area contributed by atoms with Crippen LogP contribution in [-0.2, 0) is 39.2 Å². The highest BCUT2D eigenvalue weighted by atomic mass is 32.2. The average Bonchev–Trinajstić information content (AvgIpc) is 3.05. The van der Waals surface area contributed by atoms with Crippen molar-refractivity contribution in [2.75, 3.05) is 19.5 Å². The second-order valence-electron chi connectivity index (χ2n) is 17.7. The van der Waals surface area contributed by atoms with Gasteiger partial charge in [-0.3, -0.25) is 4.18 Å². The minimum absolute atomic E-state index is 0.0150. The van der Waals surface area contributed by atoms with E-state index in [1.165, 1.54) is 0 Å². The van der Waals surface area contributed by atoms with Crippen molar-refractivity contribution in [3.63, 3.8) is 0 Å². The molecule has 3 rings (SSSR count). The first-order valence-electron chi connectivity index (χ1n) is 18.9. The van der Waals surface area contributed by atoms with E-state index in [0.717, 1.165) is 22.2 Å². The molecule has 0 aliphatic rings. The predicted molar refractivity (Wildman–Crippen MR) is 224 cm³/mol. The van der Waals surface area contributed by atoms with Crippen LogP contribution in [0.5, 0.6) is 0 Å². The monoisotopic (exact) mass is 799 g/mol. The zero-order chi connectivity index (χ0) is 40.4. The van der Waals surface area contributed by atoms with E-state index >= 15 is 0 Å². The van der Waals surface area contributed by atoms with Crippen LogP contribution in [0, 0.1) is 0 Å². The van der Waals surface area contributed by atoms with E-state index in [4.69, 9.17) is 22.5 Å². The normalized spacial score (nSPS) is 15.0. The molecule has 1 N–H and O–H groups in total. The molecule has 0 aromatic heterocycles. The van der Waals surface area contributed by atoms with Crippen LogP contribution in [-0.4, -0.2) is 74.5 Å². The quantitative estimate of drug-likeness (QED) is 0.101. The van der Waals surface area contributed by atoms with Crippen molar-refractivity contribution < 1.29 is 35.7 Å². The first kappa shape index (κ1) is 45.5. The van der Waals surface area contributed by atoms with Crippen LogP contribution >= 0.6 is 0 Å². The number of nitrogens with one attached hydrogen (secondary N) is 1. The maximum absolute atomic E-state index is 13.2. The van der Waals surface area contributed by atoms with Gasteiger partial charge in [-0.15, -0.1) is 0 Å². The van der Waals surface area contributed by atoms with Gasteiger partial charge in [0.1, 0.15) is 11.7 Å². The third-order valence-electron chi connectivity index (χ3n) is 9.82. The lowest BCUT2D eigenvalue weighted by Crippen LogP contribution is -2.68. The van der Waals surface area contributed by atoms with E-state index in [1.807, 2.05) is 87.5 Å². The summed E-state index contributed by atoms with van der Waals surface area (Å²) in [5.74, 6) is 0. The first-order valence-corrected chi connectivity index (χ1v) is 25.5. The van der Waals surface area contributed by atoms with E-state index in [9.17, 15) is 13.2 Å². The molecule has 0 heterocycles. The highest BCUT2D eigenvalue weighted by Gasteiger charge is 2.53. The molecule has 12 heteroatoms. The summed E-state index contributed by atoms with van der Waals surface area (Å²) in [6, 6.07) is 29.8. The summed E-state index contributed by atoms with van der Waals surface area (Å²) in [5, 5.41) is 4.58. The summed E-state index contributed by atoms with van der Waals surface area (Å²) in [5.41, 5.74) is 0.301. The fraction of sp³-hybridized carbons (Fsp3) is 0.548. The third kappa shape index (κ3) is 13.7. The largest absolute Gasteiger partial charge is 0.444 e. The molecule has 0 bridgehead atoms. The summed E-state index contributed by atoms with van der Waals surface area (Å²) in [4.78, 5) is 13.2. The van der Waals surface area contributed by atoms with Crippen LogP contribution in [0.2, 0.25) is 23.2 Å². The number of carbonyl (C=O) groups is 1. The van der Waals surface area contributed by atoms with Crippen molar-refractivity contribution >= 4 is 43.2 Å². The molecular weight excluding hydrogens is 735 g/mol. The van der Waals surface area contributed by atoms with Gasteiger partial charge in [0.2, 0.25) is 0 Å². The Morgan fingerprint density at radius 2 is 1.20 bits per heavy atom. The number of hydrogen-bond donors (Lipinski definition) is 1. The lowest BCUT2D eigenvalue weighted by molar-refractivity contribution is 0.00783. The molecule has 0 saturated heterocycles. The van der Waals surface area contributed by atoms with Crippen LogP contribution in [0.4, 0.5) is 4.79 Å². The number of carbonyl (C=O) groups excluding carboxylic acids is 1. The van der Waals surface area contributed by atoms with Crippen LogP contribution < -0.4 is 15.7 Å². The fourth-order valence-corrected chi connectivity index (χ4v) is 12.5. The molecule has 0 unspecified atom stereocenters. The minimum Gasteiger partial charge on any atom is -0.444 e. The fourth-order valence-electron chi connectivity index (χ4n) is 6.10. The van der Waals surface area contributed by atoms with Gasteiger partial charge in [-0.05, 0) is 72.7 Å². The molecule has 54 heavy (non-hydrogen) atoms. The maximum atomic E-state index is 13.2. The van der Waals surface area contributed by atoms with Crippen molar-refractivity contribution in [2.45, 2.75) is 129 Å². The van der Waals surface area contributed by atoms with Crippen molar-refractivity contribution in [3.8, 4) is 0 Å². The number of amides is 1. The molecule has 0 saturated carbocycles. The second-order valence-corrected chi connectivity index (χ2v) is 28.3. The van der Waals surface area contributed by atoms with Crippen LogP contribution in [0.25, 0.3) is 0 Å². The van der Waals surface area contributed by atoms with Crippen molar-refractivity contribution in [3.05, 3.63) is 96.6 Å². The van der Waals surface area contributed by atoms with Crippen LogP contribution in [0.15, 0.2) is 91.0 Å². The molecule has 0 aliphatic carbocycles. The topological polar surface area (TPSA) is 109 Å². The molecule has 0 aliphatic heterocycles. The van der Waals surface area contributed by atoms with E-state index < -0.39 is 61.7 Å². The van der Waals surface area contributed by atoms with Gasteiger partial charge >= 0.3 is 6.09 Å². The molecule has 0 spiro atoms.